The molecule has 0 spiro atoms. The lowest BCUT2D eigenvalue weighted by Crippen LogP contribution is -2.23. The van der Waals surface area contributed by atoms with Crippen molar-refractivity contribution in [2.45, 2.75) is 26.4 Å². The number of rotatable bonds is 3. The minimum Gasteiger partial charge on any atom is -0.345 e. The molecular weight excluding hydrogens is 261 g/mol. The Kier molecular flexibility index (Phi) is 3.06. The van der Waals surface area contributed by atoms with Crippen molar-refractivity contribution >= 4 is 17.2 Å². The summed E-state index contributed by atoms with van der Waals surface area (Å²) in [5, 5.41) is 9.13. The predicted molar refractivity (Wildman–Crippen MR) is 74.0 cm³/mol. The van der Waals surface area contributed by atoms with Crippen LogP contribution in [0.25, 0.3) is 0 Å². The van der Waals surface area contributed by atoms with Crippen LogP contribution in [0.4, 0.5) is 4.39 Å². The van der Waals surface area contributed by atoms with Gasteiger partial charge >= 0.3 is 0 Å². The fraction of sp³-hybridized carbons (Fsp3) is 0.286. The normalized spacial score (nSPS) is 14.0. The standard InChI is InChI=1S/C14H14FN3S/c1-2-11-6-17-13(19-11)8-18-7-9-3-4-10(15)5-12(9)14(18)16/h3-6,16H,2,7-8H2,1H3. The van der Waals surface area contributed by atoms with Gasteiger partial charge in [0.05, 0.1) is 6.54 Å². The molecule has 1 aliphatic heterocycles. The van der Waals surface area contributed by atoms with Gasteiger partial charge in [-0.15, -0.1) is 11.3 Å². The number of aryl methyl sites for hydroxylation is 1. The Hall–Kier alpha value is -1.75. The maximum atomic E-state index is 13.2. The largest absolute Gasteiger partial charge is 0.345 e. The van der Waals surface area contributed by atoms with Gasteiger partial charge in [0, 0.05) is 23.2 Å². The van der Waals surface area contributed by atoms with E-state index in [-0.39, 0.29) is 5.82 Å². The summed E-state index contributed by atoms with van der Waals surface area (Å²) in [4.78, 5) is 7.56. The molecule has 3 nitrogen and oxygen atoms in total. The molecule has 0 aliphatic carbocycles. The zero-order valence-corrected chi connectivity index (χ0v) is 11.4. The molecule has 0 saturated heterocycles. The quantitative estimate of drug-likeness (QED) is 0.934. The highest BCUT2D eigenvalue weighted by molar-refractivity contribution is 7.11. The van der Waals surface area contributed by atoms with E-state index < -0.39 is 0 Å². The smallest absolute Gasteiger partial charge is 0.129 e. The summed E-state index contributed by atoms with van der Waals surface area (Å²) in [6.45, 7) is 3.39. The van der Waals surface area contributed by atoms with E-state index in [2.05, 4.69) is 11.9 Å². The molecule has 0 fully saturated rings. The first-order valence-corrected chi connectivity index (χ1v) is 7.05. The second-order valence-electron chi connectivity index (χ2n) is 4.58. The van der Waals surface area contributed by atoms with Crippen LogP contribution in [0.5, 0.6) is 0 Å². The van der Waals surface area contributed by atoms with Crippen molar-refractivity contribution < 1.29 is 4.39 Å². The van der Waals surface area contributed by atoms with Gasteiger partial charge in [-0.1, -0.05) is 13.0 Å². The van der Waals surface area contributed by atoms with Crippen molar-refractivity contribution in [3.63, 3.8) is 0 Å². The van der Waals surface area contributed by atoms with Crippen LogP contribution in [0.3, 0.4) is 0 Å². The third kappa shape index (κ3) is 2.26. The third-order valence-electron chi connectivity index (χ3n) is 3.28. The zero-order chi connectivity index (χ0) is 13.4. The van der Waals surface area contributed by atoms with Crippen LogP contribution in [-0.4, -0.2) is 15.7 Å². The molecule has 1 N–H and O–H groups in total. The molecule has 1 aliphatic rings. The van der Waals surface area contributed by atoms with E-state index in [0.29, 0.717) is 24.5 Å². The first-order chi connectivity index (χ1) is 9.17. The summed E-state index contributed by atoms with van der Waals surface area (Å²) in [7, 11) is 0. The fourth-order valence-corrected chi connectivity index (χ4v) is 3.12. The summed E-state index contributed by atoms with van der Waals surface area (Å²) < 4.78 is 13.2. The first-order valence-electron chi connectivity index (χ1n) is 6.23. The molecule has 0 radical (unpaired) electrons. The Morgan fingerprint density at radius 3 is 3.05 bits per heavy atom. The molecule has 2 heterocycles. The average molecular weight is 275 g/mol. The average Bonchev–Trinajstić information content (AvgIpc) is 2.97. The molecule has 3 rings (SSSR count). The molecule has 2 aromatic rings. The van der Waals surface area contributed by atoms with Crippen LogP contribution >= 0.6 is 11.3 Å². The van der Waals surface area contributed by atoms with E-state index in [1.165, 1.54) is 17.0 Å². The monoisotopic (exact) mass is 275 g/mol. The molecule has 19 heavy (non-hydrogen) atoms. The number of aromatic nitrogens is 1. The van der Waals surface area contributed by atoms with Crippen LogP contribution in [-0.2, 0) is 19.5 Å². The van der Waals surface area contributed by atoms with Gasteiger partial charge in [0.2, 0.25) is 0 Å². The second-order valence-corrected chi connectivity index (χ2v) is 5.78. The van der Waals surface area contributed by atoms with Crippen molar-refractivity contribution in [2.75, 3.05) is 0 Å². The van der Waals surface area contributed by atoms with Gasteiger partial charge in [0.25, 0.3) is 0 Å². The van der Waals surface area contributed by atoms with Crippen molar-refractivity contribution in [1.29, 1.82) is 5.41 Å². The van der Waals surface area contributed by atoms with Gasteiger partial charge in [0.15, 0.2) is 0 Å². The van der Waals surface area contributed by atoms with E-state index in [9.17, 15) is 4.39 Å². The Labute approximate surface area is 115 Å². The Morgan fingerprint density at radius 2 is 2.32 bits per heavy atom. The molecule has 1 aromatic heterocycles. The molecule has 98 valence electrons. The van der Waals surface area contributed by atoms with Gasteiger partial charge in [0.1, 0.15) is 16.7 Å². The number of nitrogens with one attached hydrogen (secondary N) is 1. The number of hydrogen-bond acceptors (Lipinski definition) is 3. The van der Waals surface area contributed by atoms with E-state index in [1.807, 2.05) is 11.1 Å². The van der Waals surface area contributed by atoms with Crippen LogP contribution < -0.4 is 0 Å². The topological polar surface area (TPSA) is 40.0 Å². The maximum absolute atomic E-state index is 13.2. The summed E-state index contributed by atoms with van der Waals surface area (Å²) in [6.07, 6.45) is 2.88. The lowest BCUT2D eigenvalue weighted by Gasteiger charge is -2.15. The number of amidine groups is 1. The van der Waals surface area contributed by atoms with Crippen LogP contribution in [0.15, 0.2) is 24.4 Å². The number of benzene rings is 1. The number of thiazole rings is 1. The molecule has 0 atom stereocenters. The van der Waals surface area contributed by atoms with E-state index in [0.717, 1.165) is 17.0 Å². The van der Waals surface area contributed by atoms with Crippen molar-refractivity contribution in [3.8, 4) is 0 Å². The second kappa shape index (κ2) is 4.74. The first kappa shape index (κ1) is 12.3. The van der Waals surface area contributed by atoms with Crippen molar-refractivity contribution in [2.24, 2.45) is 0 Å². The minimum absolute atomic E-state index is 0.284. The van der Waals surface area contributed by atoms with Crippen LogP contribution in [0.1, 0.15) is 27.9 Å². The van der Waals surface area contributed by atoms with Gasteiger partial charge < -0.3 is 4.90 Å². The van der Waals surface area contributed by atoms with Gasteiger partial charge in [-0.2, -0.15) is 0 Å². The third-order valence-corrected chi connectivity index (χ3v) is 4.41. The minimum atomic E-state index is -0.284. The molecule has 5 heteroatoms. The summed E-state index contributed by atoms with van der Waals surface area (Å²) in [6, 6.07) is 4.66. The van der Waals surface area contributed by atoms with E-state index in [4.69, 9.17) is 5.41 Å². The van der Waals surface area contributed by atoms with Crippen LogP contribution in [0, 0.1) is 11.2 Å². The number of halogens is 1. The van der Waals surface area contributed by atoms with E-state index >= 15 is 0 Å². The Bertz CT molecular complexity index is 635. The highest BCUT2D eigenvalue weighted by Crippen LogP contribution is 2.26. The SMILES string of the molecule is CCc1cnc(CN2Cc3ccc(F)cc3C2=N)s1. The zero-order valence-electron chi connectivity index (χ0n) is 10.6. The highest BCUT2D eigenvalue weighted by atomic mass is 32.1. The summed E-state index contributed by atoms with van der Waals surface area (Å²) in [5.41, 5.74) is 1.71. The molecule has 0 bridgehead atoms. The van der Waals surface area contributed by atoms with Crippen molar-refractivity contribution in [1.82, 2.24) is 9.88 Å². The maximum Gasteiger partial charge on any atom is 0.129 e. The predicted octanol–water partition coefficient (Wildman–Crippen LogP) is 3.19. The summed E-state index contributed by atoms with van der Waals surface area (Å²) >= 11 is 1.68. The number of nitrogens with zero attached hydrogens (tertiary/aromatic N) is 2. The lowest BCUT2D eigenvalue weighted by molar-refractivity contribution is 0.421. The molecular formula is C14H14FN3S. The summed E-state index contributed by atoms with van der Waals surface area (Å²) in [5.74, 6) is 0.107. The highest BCUT2D eigenvalue weighted by Gasteiger charge is 2.25. The molecule has 0 saturated carbocycles. The Morgan fingerprint density at radius 1 is 1.47 bits per heavy atom. The van der Waals surface area contributed by atoms with Crippen molar-refractivity contribution in [3.05, 3.63) is 51.2 Å². The Balaban J connectivity index is 1.80. The van der Waals surface area contributed by atoms with Gasteiger partial charge in [-0.05, 0) is 24.1 Å². The molecule has 0 amide bonds. The van der Waals surface area contributed by atoms with Crippen LogP contribution in [0.2, 0.25) is 0 Å². The molecule has 1 aromatic carbocycles. The molecule has 0 unspecified atom stereocenters. The number of hydrogen-bond donors (Lipinski definition) is 1. The fourth-order valence-electron chi connectivity index (χ4n) is 2.24. The number of fused-ring (bicyclic) bond motifs is 1. The van der Waals surface area contributed by atoms with E-state index in [1.54, 1.807) is 17.4 Å². The van der Waals surface area contributed by atoms with Gasteiger partial charge in [-0.3, -0.25) is 5.41 Å². The van der Waals surface area contributed by atoms with Gasteiger partial charge in [-0.25, -0.2) is 9.37 Å². The lowest BCUT2D eigenvalue weighted by atomic mass is 10.1.